The van der Waals surface area contributed by atoms with Crippen LogP contribution in [-0.4, -0.2) is 20.3 Å². The molecule has 0 aromatic heterocycles. The fraction of sp³-hybridized carbons (Fsp3) is 0.818. The minimum atomic E-state index is -1.38. The number of allylic oxidation sites excluding steroid dienone is 1. The Morgan fingerprint density at radius 2 is 1.93 bits per heavy atom. The second kappa shape index (κ2) is 7.49. The molecule has 0 spiro atoms. The molecule has 0 heterocycles. The Hall–Kier alpha value is 0.207. The van der Waals surface area contributed by atoms with Gasteiger partial charge in [-0.3, -0.25) is 0 Å². The molecule has 3 heteroatoms. The first-order valence-electron chi connectivity index (χ1n) is 5.38. The van der Waals surface area contributed by atoms with E-state index in [0.29, 0.717) is 12.0 Å². The van der Waals surface area contributed by atoms with E-state index in [1.165, 1.54) is 6.42 Å². The lowest BCUT2D eigenvalue weighted by molar-refractivity contribution is 0.185. The average Bonchev–Trinajstić information content (AvgIpc) is 2.02. The lowest BCUT2D eigenvalue weighted by Crippen LogP contribution is -2.31. The van der Waals surface area contributed by atoms with Crippen LogP contribution in [0, 0.1) is 0 Å². The maximum absolute atomic E-state index is 6.07. The van der Waals surface area contributed by atoms with E-state index in [1.807, 2.05) is 6.08 Å². The van der Waals surface area contributed by atoms with Gasteiger partial charge in [0.2, 0.25) is 0 Å². The molecule has 0 aliphatic heterocycles. The Kier molecular flexibility index (Phi) is 7.60. The maximum atomic E-state index is 6.07. The molecule has 0 aliphatic carbocycles. The fourth-order valence-corrected chi connectivity index (χ4v) is 2.70. The van der Waals surface area contributed by atoms with Crippen molar-refractivity contribution >= 4 is 19.9 Å². The van der Waals surface area contributed by atoms with E-state index in [-0.39, 0.29) is 0 Å². The molecule has 84 valence electrons. The van der Waals surface area contributed by atoms with Crippen LogP contribution in [0.15, 0.2) is 12.2 Å². The van der Waals surface area contributed by atoms with Crippen molar-refractivity contribution in [1.29, 1.82) is 0 Å². The van der Waals surface area contributed by atoms with Crippen LogP contribution >= 0.6 is 11.6 Å². The van der Waals surface area contributed by atoms with Gasteiger partial charge in [-0.1, -0.05) is 25.5 Å². The standard InChI is InChI=1S/C11H23ClOSi/c1-5-8-11(9-6-7-10-12)13-14(2,3)4/h6-7,11H,5,8-10H2,1-4H3. The van der Waals surface area contributed by atoms with Gasteiger partial charge in [0.25, 0.3) is 0 Å². The maximum Gasteiger partial charge on any atom is 0.184 e. The van der Waals surface area contributed by atoms with E-state index in [2.05, 4.69) is 32.6 Å². The van der Waals surface area contributed by atoms with Gasteiger partial charge >= 0.3 is 0 Å². The zero-order valence-electron chi connectivity index (χ0n) is 9.85. The van der Waals surface area contributed by atoms with Crippen molar-refractivity contribution < 1.29 is 4.43 Å². The highest BCUT2D eigenvalue weighted by Crippen LogP contribution is 2.15. The summed E-state index contributed by atoms with van der Waals surface area (Å²) in [4.78, 5) is 0. The summed E-state index contributed by atoms with van der Waals surface area (Å²) in [6.45, 7) is 8.91. The highest BCUT2D eigenvalue weighted by molar-refractivity contribution is 6.69. The van der Waals surface area contributed by atoms with Crippen molar-refractivity contribution in [1.82, 2.24) is 0 Å². The Balaban J connectivity index is 3.95. The first-order valence-corrected chi connectivity index (χ1v) is 9.32. The number of rotatable bonds is 7. The van der Waals surface area contributed by atoms with Crippen molar-refractivity contribution in [3.63, 3.8) is 0 Å². The molecule has 0 saturated carbocycles. The minimum absolute atomic E-state index is 0.395. The lowest BCUT2D eigenvalue weighted by atomic mass is 10.1. The molecule has 1 nitrogen and oxygen atoms in total. The van der Waals surface area contributed by atoms with Crippen molar-refractivity contribution in [2.45, 2.75) is 51.9 Å². The number of hydrogen-bond donors (Lipinski definition) is 0. The third-order valence-corrected chi connectivity index (χ3v) is 3.00. The topological polar surface area (TPSA) is 9.23 Å². The van der Waals surface area contributed by atoms with Gasteiger partial charge in [-0.2, -0.15) is 0 Å². The van der Waals surface area contributed by atoms with E-state index in [1.54, 1.807) is 0 Å². The highest BCUT2D eigenvalue weighted by atomic mass is 35.5. The summed E-state index contributed by atoms with van der Waals surface area (Å²) in [5.41, 5.74) is 0. The van der Waals surface area contributed by atoms with Crippen LogP contribution in [0.2, 0.25) is 19.6 Å². The molecule has 0 amide bonds. The molecule has 1 unspecified atom stereocenters. The summed E-state index contributed by atoms with van der Waals surface area (Å²) >= 11 is 5.58. The van der Waals surface area contributed by atoms with Crippen molar-refractivity contribution in [2.24, 2.45) is 0 Å². The largest absolute Gasteiger partial charge is 0.414 e. The second-order valence-electron chi connectivity index (χ2n) is 4.50. The fourth-order valence-electron chi connectivity index (χ4n) is 1.36. The van der Waals surface area contributed by atoms with E-state index >= 15 is 0 Å². The first-order chi connectivity index (χ1) is 6.49. The minimum Gasteiger partial charge on any atom is -0.414 e. The molecule has 0 aromatic rings. The predicted octanol–water partition coefficient (Wildman–Crippen LogP) is 4.19. The predicted molar refractivity (Wildman–Crippen MR) is 67.6 cm³/mol. The van der Waals surface area contributed by atoms with Crippen LogP contribution in [-0.2, 0) is 4.43 Å². The van der Waals surface area contributed by atoms with Crippen LogP contribution in [0.5, 0.6) is 0 Å². The number of alkyl halides is 1. The molecular weight excluding hydrogens is 212 g/mol. The van der Waals surface area contributed by atoms with E-state index in [0.717, 1.165) is 12.8 Å². The van der Waals surface area contributed by atoms with Crippen LogP contribution in [0.4, 0.5) is 0 Å². The third kappa shape index (κ3) is 8.79. The quantitative estimate of drug-likeness (QED) is 0.365. The number of halogens is 1. The van der Waals surface area contributed by atoms with Crippen LogP contribution in [0.1, 0.15) is 26.2 Å². The summed E-state index contributed by atoms with van der Waals surface area (Å²) in [6.07, 6.45) is 7.86. The summed E-state index contributed by atoms with van der Waals surface area (Å²) < 4.78 is 6.07. The summed E-state index contributed by atoms with van der Waals surface area (Å²) in [7, 11) is -1.38. The van der Waals surface area contributed by atoms with E-state index in [4.69, 9.17) is 16.0 Å². The molecule has 1 atom stereocenters. The normalized spacial score (nSPS) is 14.9. The zero-order valence-corrected chi connectivity index (χ0v) is 11.6. The van der Waals surface area contributed by atoms with Gasteiger partial charge in [-0.15, -0.1) is 11.6 Å². The first kappa shape index (κ1) is 14.2. The zero-order chi connectivity index (χ0) is 11.0. The van der Waals surface area contributed by atoms with Crippen LogP contribution in [0.3, 0.4) is 0 Å². The summed E-state index contributed by atoms with van der Waals surface area (Å²) in [5, 5.41) is 0. The molecule has 0 N–H and O–H groups in total. The van der Waals surface area contributed by atoms with Crippen molar-refractivity contribution in [3.05, 3.63) is 12.2 Å². The molecule has 0 rings (SSSR count). The molecule has 0 radical (unpaired) electrons. The molecule has 0 saturated heterocycles. The van der Waals surface area contributed by atoms with E-state index in [9.17, 15) is 0 Å². The third-order valence-electron chi connectivity index (χ3n) is 1.79. The highest BCUT2D eigenvalue weighted by Gasteiger charge is 2.19. The Morgan fingerprint density at radius 1 is 1.29 bits per heavy atom. The number of hydrogen-bond acceptors (Lipinski definition) is 1. The Morgan fingerprint density at radius 3 is 2.36 bits per heavy atom. The SMILES string of the molecule is CCCC(CC=CCCl)O[Si](C)(C)C. The molecule has 0 fully saturated rings. The summed E-state index contributed by atoms with van der Waals surface area (Å²) in [5.74, 6) is 0.603. The molecule has 14 heavy (non-hydrogen) atoms. The molecular formula is C11H23ClOSi. The van der Waals surface area contributed by atoms with Crippen LogP contribution < -0.4 is 0 Å². The molecule has 0 aromatic carbocycles. The Bertz CT molecular complexity index is 163. The average molecular weight is 235 g/mol. The lowest BCUT2D eigenvalue weighted by Gasteiger charge is -2.25. The van der Waals surface area contributed by atoms with Gasteiger partial charge in [-0.05, 0) is 32.5 Å². The van der Waals surface area contributed by atoms with Gasteiger partial charge in [0, 0.05) is 12.0 Å². The van der Waals surface area contributed by atoms with Crippen molar-refractivity contribution in [3.8, 4) is 0 Å². The summed E-state index contributed by atoms with van der Waals surface area (Å²) in [6, 6.07) is 0. The van der Waals surface area contributed by atoms with Gasteiger partial charge < -0.3 is 4.43 Å². The second-order valence-corrected chi connectivity index (χ2v) is 9.27. The van der Waals surface area contributed by atoms with Gasteiger partial charge in [0.05, 0.1) is 0 Å². The monoisotopic (exact) mass is 234 g/mol. The Labute approximate surface area is 94.6 Å². The van der Waals surface area contributed by atoms with Gasteiger partial charge in [0.1, 0.15) is 0 Å². The van der Waals surface area contributed by atoms with Crippen LogP contribution in [0.25, 0.3) is 0 Å². The van der Waals surface area contributed by atoms with Gasteiger partial charge in [-0.25, -0.2) is 0 Å². The van der Waals surface area contributed by atoms with Crippen molar-refractivity contribution in [2.75, 3.05) is 5.88 Å². The van der Waals surface area contributed by atoms with Gasteiger partial charge in [0.15, 0.2) is 8.32 Å². The smallest absolute Gasteiger partial charge is 0.184 e. The molecule has 0 bridgehead atoms. The van der Waals surface area contributed by atoms with E-state index < -0.39 is 8.32 Å². The molecule has 0 aliphatic rings.